The molecule has 0 saturated heterocycles. The molecule has 2 heteroatoms. The molecule has 0 radical (unpaired) electrons. The van der Waals surface area contributed by atoms with E-state index >= 15 is 0 Å². The van der Waals surface area contributed by atoms with Crippen molar-refractivity contribution < 1.29 is 4.74 Å². The molecule has 0 spiro atoms. The fourth-order valence-corrected chi connectivity index (χ4v) is 0.695. The van der Waals surface area contributed by atoms with Crippen molar-refractivity contribution >= 4 is 0 Å². The molecule has 0 fully saturated rings. The Labute approximate surface area is 68.9 Å². The smallest absolute Gasteiger partial charge is 0.185 e. The van der Waals surface area contributed by atoms with Crippen LogP contribution >= 0.6 is 0 Å². The topological polar surface area (TPSA) is 21.3 Å². The summed E-state index contributed by atoms with van der Waals surface area (Å²) < 4.78 is 5.34. The first-order valence-corrected chi connectivity index (χ1v) is 3.98. The normalized spacial score (nSPS) is 11.0. The van der Waals surface area contributed by atoms with Gasteiger partial charge in [0.25, 0.3) is 0 Å². The highest BCUT2D eigenvalue weighted by Gasteiger charge is 1.94. The summed E-state index contributed by atoms with van der Waals surface area (Å²) in [5.41, 5.74) is 0. The van der Waals surface area contributed by atoms with Crippen LogP contribution in [0.3, 0.4) is 0 Å². The Kier molecular flexibility index (Phi) is 5.35. The van der Waals surface area contributed by atoms with Crippen LogP contribution < -0.4 is 5.32 Å². The predicted octanol–water partition coefficient (Wildman–Crippen LogP) is 2.40. The van der Waals surface area contributed by atoms with Crippen LogP contribution in [-0.2, 0) is 4.74 Å². The number of ether oxygens (including phenoxy) is 1. The van der Waals surface area contributed by atoms with E-state index < -0.39 is 0 Å². The second-order valence-corrected chi connectivity index (χ2v) is 2.21. The molecule has 64 valence electrons. The highest BCUT2D eigenvalue weighted by Crippen LogP contribution is 2.07. The largest absolute Gasteiger partial charge is 0.447 e. The minimum Gasteiger partial charge on any atom is -0.447 e. The van der Waals surface area contributed by atoms with Gasteiger partial charge >= 0.3 is 0 Å². The zero-order chi connectivity index (χ0) is 8.69. The van der Waals surface area contributed by atoms with Gasteiger partial charge in [0.15, 0.2) is 5.88 Å². The van der Waals surface area contributed by atoms with Gasteiger partial charge in [0.1, 0.15) is 5.76 Å². The van der Waals surface area contributed by atoms with E-state index in [2.05, 4.69) is 31.8 Å². The maximum absolute atomic E-state index is 5.34. The monoisotopic (exact) mass is 155 g/mol. The number of nitrogens with one attached hydrogen (secondary N) is 1. The summed E-state index contributed by atoms with van der Waals surface area (Å²) in [5, 5.41) is 2.83. The van der Waals surface area contributed by atoms with E-state index in [1.165, 1.54) is 0 Å². The van der Waals surface area contributed by atoms with E-state index in [-0.39, 0.29) is 0 Å². The van der Waals surface area contributed by atoms with E-state index in [1.54, 1.807) is 7.05 Å². The molecule has 0 aromatic rings. The molecule has 0 amide bonds. The zero-order valence-corrected chi connectivity index (χ0v) is 7.61. The van der Waals surface area contributed by atoms with Crippen molar-refractivity contribution in [2.75, 3.05) is 7.05 Å². The Bertz CT molecular complexity index is 150. The van der Waals surface area contributed by atoms with Crippen LogP contribution in [0.1, 0.15) is 26.7 Å². The molecular formula is C9H17NO. The lowest BCUT2D eigenvalue weighted by Gasteiger charge is -2.09. The Morgan fingerprint density at radius 2 is 2.18 bits per heavy atom. The molecule has 0 aliphatic rings. The first-order valence-electron chi connectivity index (χ1n) is 3.98. The molecule has 0 unspecified atom stereocenters. The van der Waals surface area contributed by atoms with Gasteiger partial charge in [-0.25, -0.2) is 0 Å². The highest BCUT2D eigenvalue weighted by molar-refractivity contribution is 4.96. The highest BCUT2D eigenvalue weighted by atomic mass is 16.5. The molecule has 1 N–H and O–H groups in total. The van der Waals surface area contributed by atoms with Crippen LogP contribution in [0.5, 0.6) is 0 Å². The summed E-state index contributed by atoms with van der Waals surface area (Å²) >= 11 is 0. The van der Waals surface area contributed by atoms with Crippen LogP contribution in [0.4, 0.5) is 0 Å². The van der Waals surface area contributed by atoms with Gasteiger partial charge in [-0.2, -0.15) is 0 Å². The van der Waals surface area contributed by atoms with E-state index in [0.717, 1.165) is 18.6 Å². The van der Waals surface area contributed by atoms with Gasteiger partial charge in [-0.3, -0.25) is 0 Å². The maximum Gasteiger partial charge on any atom is 0.185 e. The summed E-state index contributed by atoms with van der Waals surface area (Å²) in [6.45, 7) is 7.81. The minimum atomic E-state index is 0.603. The van der Waals surface area contributed by atoms with Crippen molar-refractivity contribution in [3.8, 4) is 0 Å². The maximum atomic E-state index is 5.34. The lowest BCUT2D eigenvalue weighted by molar-refractivity contribution is 0.272. The van der Waals surface area contributed by atoms with Crippen molar-refractivity contribution in [2.45, 2.75) is 26.7 Å². The molecule has 0 atom stereocenters. The van der Waals surface area contributed by atoms with E-state index in [9.17, 15) is 0 Å². The average Bonchev–Trinajstić information content (AvgIpc) is 2.03. The lowest BCUT2D eigenvalue weighted by Crippen LogP contribution is -2.07. The zero-order valence-electron chi connectivity index (χ0n) is 7.61. The number of hydrogen-bond acceptors (Lipinski definition) is 2. The van der Waals surface area contributed by atoms with Crippen molar-refractivity contribution in [2.24, 2.45) is 0 Å². The minimum absolute atomic E-state index is 0.603. The van der Waals surface area contributed by atoms with E-state index in [0.29, 0.717) is 5.88 Å². The lowest BCUT2D eigenvalue weighted by atomic mass is 10.3. The van der Waals surface area contributed by atoms with Gasteiger partial charge < -0.3 is 10.1 Å². The molecule has 11 heavy (non-hydrogen) atoms. The summed E-state index contributed by atoms with van der Waals surface area (Å²) in [5.74, 6) is 1.58. The quantitative estimate of drug-likeness (QED) is 0.615. The van der Waals surface area contributed by atoms with E-state index in [1.807, 2.05) is 0 Å². The van der Waals surface area contributed by atoms with Crippen LogP contribution in [0.2, 0.25) is 0 Å². The molecule has 2 nitrogen and oxygen atoms in total. The van der Waals surface area contributed by atoms with Gasteiger partial charge in [0.05, 0.1) is 0 Å². The van der Waals surface area contributed by atoms with Crippen molar-refractivity contribution in [1.82, 2.24) is 5.32 Å². The summed E-state index contributed by atoms with van der Waals surface area (Å²) in [6, 6.07) is 0. The third-order valence-corrected chi connectivity index (χ3v) is 1.31. The Morgan fingerprint density at radius 3 is 2.55 bits per heavy atom. The van der Waals surface area contributed by atoms with Gasteiger partial charge in [-0.1, -0.05) is 13.8 Å². The fraction of sp³-hybridized carbons (Fsp3) is 0.556. The molecule has 0 bridgehead atoms. The van der Waals surface area contributed by atoms with Crippen LogP contribution in [0.25, 0.3) is 0 Å². The molecular weight excluding hydrogens is 138 g/mol. The molecule has 0 aromatic heterocycles. The van der Waals surface area contributed by atoms with Crippen LogP contribution in [-0.4, -0.2) is 7.05 Å². The summed E-state index contributed by atoms with van der Waals surface area (Å²) in [7, 11) is 1.79. The van der Waals surface area contributed by atoms with Gasteiger partial charge in [0, 0.05) is 13.5 Å². The molecule has 0 rings (SSSR count). The van der Waals surface area contributed by atoms with Gasteiger partial charge in [-0.15, -0.1) is 0 Å². The first kappa shape index (κ1) is 10.1. The summed E-state index contributed by atoms with van der Waals surface area (Å²) in [6.07, 6.45) is 3.97. The first-order chi connectivity index (χ1) is 5.24. The molecule has 0 heterocycles. The van der Waals surface area contributed by atoms with Gasteiger partial charge in [0.2, 0.25) is 0 Å². The number of rotatable bonds is 5. The van der Waals surface area contributed by atoms with Crippen LogP contribution in [0.15, 0.2) is 24.3 Å². The van der Waals surface area contributed by atoms with Crippen LogP contribution in [0, 0.1) is 0 Å². The second kappa shape index (κ2) is 5.83. The van der Waals surface area contributed by atoms with Crippen molar-refractivity contribution in [3.63, 3.8) is 0 Å². The Morgan fingerprint density at radius 1 is 1.55 bits per heavy atom. The van der Waals surface area contributed by atoms with Crippen molar-refractivity contribution in [1.29, 1.82) is 0 Å². The van der Waals surface area contributed by atoms with E-state index in [4.69, 9.17) is 4.74 Å². The Balaban J connectivity index is 3.87. The number of allylic oxidation sites excluding steroid dienone is 2. The third kappa shape index (κ3) is 4.48. The Hall–Kier alpha value is -0.920. The van der Waals surface area contributed by atoms with Crippen molar-refractivity contribution in [3.05, 3.63) is 24.3 Å². The predicted molar refractivity (Wildman–Crippen MR) is 47.9 cm³/mol. The third-order valence-electron chi connectivity index (χ3n) is 1.31. The molecule has 0 saturated carbocycles. The SMILES string of the molecule is C=C(NC)O/C(=C/CC)CC. The fourth-order valence-electron chi connectivity index (χ4n) is 0.695. The van der Waals surface area contributed by atoms with Gasteiger partial charge in [-0.05, 0) is 19.1 Å². The molecule has 0 aliphatic heterocycles. The molecule has 0 aromatic carbocycles. The standard InChI is InChI=1S/C9H17NO/c1-5-7-9(6-2)11-8(3)10-4/h7,10H,3,5-6H2,1-2,4H3/b9-7+. The summed E-state index contributed by atoms with van der Waals surface area (Å²) in [4.78, 5) is 0. The number of hydrogen-bond donors (Lipinski definition) is 1. The average molecular weight is 155 g/mol. The molecule has 0 aliphatic carbocycles. The second-order valence-electron chi connectivity index (χ2n) is 2.21.